The van der Waals surface area contributed by atoms with Crippen molar-refractivity contribution in [2.75, 3.05) is 25.6 Å². The minimum Gasteiger partial charge on any atom is -0.383 e. The zero-order valence-electron chi connectivity index (χ0n) is 9.59. The highest BCUT2D eigenvalue weighted by molar-refractivity contribution is 7.15. The number of rotatable bonds is 4. The SMILES string of the molecule is COCCNc1nc2c(s1)CCC2(C)C. The van der Waals surface area contributed by atoms with Crippen LogP contribution >= 0.6 is 11.3 Å². The zero-order valence-corrected chi connectivity index (χ0v) is 10.4. The summed E-state index contributed by atoms with van der Waals surface area (Å²) >= 11 is 1.80. The molecule has 0 saturated heterocycles. The summed E-state index contributed by atoms with van der Waals surface area (Å²) in [5, 5.41) is 4.34. The number of nitrogens with one attached hydrogen (secondary N) is 1. The van der Waals surface area contributed by atoms with Crippen molar-refractivity contribution in [3.05, 3.63) is 10.6 Å². The van der Waals surface area contributed by atoms with Gasteiger partial charge in [0.05, 0.1) is 12.3 Å². The number of ether oxygens (including phenoxy) is 1. The summed E-state index contributed by atoms with van der Waals surface area (Å²) in [6, 6.07) is 0. The van der Waals surface area contributed by atoms with Crippen molar-refractivity contribution >= 4 is 16.5 Å². The predicted octanol–water partition coefficient (Wildman–Crippen LogP) is 2.43. The molecule has 1 aromatic heterocycles. The summed E-state index contributed by atoms with van der Waals surface area (Å²) in [6.07, 6.45) is 2.42. The van der Waals surface area contributed by atoms with Crippen LogP contribution in [0.25, 0.3) is 0 Å². The van der Waals surface area contributed by atoms with Crippen LogP contribution < -0.4 is 5.32 Å². The van der Waals surface area contributed by atoms with Crippen molar-refractivity contribution in [1.82, 2.24) is 4.98 Å². The second-order valence-corrected chi connectivity index (χ2v) is 5.68. The van der Waals surface area contributed by atoms with E-state index in [-0.39, 0.29) is 5.41 Å². The van der Waals surface area contributed by atoms with Gasteiger partial charge >= 0.3 is 0 Å². The van der Waals surface area contributed by atoms with E-state index in [2.05, 4.69) is 24.1 Å². The van der Waals surface area contributed by atoms with Gasteiger partial charge in [-0.05, 0) is 12.8 Å². The number of anilines is 1. The molecule has 2 rings (SSSR count). The van der Waals surface area contributed by atoms with Gasteiger partial charge < -0.3 is 10.1 Å². The minimum absolute atomic E-state index is 0.271. The molecule has 1 aromatic rings. The maximum atomic E-state index is 5.00. The molecule has 0 atom stereocenters. The zero-order chi connectivity index (χ0) is 10.9. The molecule has 4 heteroatoms. The molecule has 15 heavy (non-hydrogen) atoms. The summed E-state index contributed by atoms with van der Waals surface area (Å²) in [5.41, 5.74) is 1.57. The van der Waals surface area contributed by atoms with E-state index in [0.717, 1.165) is 18.3 Å². The van der Waals surface area contributed by atoms with Crippen LogP contribution in [0.3, 0.4) is 0 Å². The molecule has 84 valence electrons. The quantitative estimate of drug-likeness (QED) is 0.801. The number of aryl methyl sites for hydroxylation is 1. The first kappa shape index (κ1) is 10.9. The number of methoxy groups -OCH3 is 1. The topological polar surface area (TPSA) is 34.1 Å². The predicted molar refractivity (Wildman–Crippen MR) is 63.8 cm³/mol. The molecule has 0 radical (unpaired) electrons. The maximum absolute atomic E-state index is 5.00. The number of hydrogen-bond donors (Lipinski definition) is 1. The molecule has 0 aliphatic heterocycles. The van der Waals surface area contributed by atoms with Gasteiger partial charge in [0, 0.05) is 23.9 Å². The standard InChI is InChI=1S/C11H18N2OS/c1-11(2)5-4-8-9(11)13-10(15-8)12-6-7-14-3/h4-7H2,1-3H3,(H,12,13). The van der Waals surface area contributed by atoms with Crippen LogP contribution in [-0.4, -0.2) is 25.2 Å². The van der Waals surface area contributed by atoms with Crippen molar-refractivity contribution in [2.45, 2.75) is 32.1 Å². The van der Waals surface area contributed by atoms with E-state index in [1.807, 2.05) is 0 Å². The van der Waals surface area contributed by atoms with E-state index in [1.54, 1.807) is 18.4 Å². The van der Waals surface area contributed by atoms with Crippen LogP contribution in [0.5, 0.6) is 0 Å². The first-order chi connectivity index (χ1) is 7.13. The third-order valence-corrected chi connectivity index (χ3v) is 3.97. The molecule has 1 N–H and O–H groups in total. The van der Waals surface area contributed by atoms with E-state index in [1.165, 1.54) is 23.4 Å². The van der Waals surface area contributed by atoms with Crippen LogP contribution in [-0.2, 0) is 16.6 Å². The Hall–Kier alpha value is -0.610. The summed E-state index contributed by atoms with van der Waals surface area (Å²) in [4.78, 5) is 6.13. The highest BCUT2D eigenvalue weighted by atomic mass is 32.1. The van der Waals surface area contributed by atoms with E-state index >= 15 is 0 Å². The van der Waals surface area contributed by atoms with E-state index in [0.29, 0.717) is 0 Å². The Labute approximate surface area is 94.9 Å². The first-order valence-corrected chi connectivity index (χ1v) is 6.18. The fraction of sp³-hybridized carbons (Fsp3) is 0.727. The molecule has 1 aliphatic rings. The van der Waals surface area contributed by atoms with Crippen molar-refractivity contribution in [1.29, 1.82) is 0 Å². The summed E-state index contributed by atoms with van der Waals surface area (Å²) in [5.74, 6) is 0. The molecule has 1 heterocycles. The van der Waals surface area contributed by atoms with Crippen molar-refractivity contribution in [3.8, 4) is 0 Å². The van der Waals surface area contributed by atoms with Crippen molar-refractivity contribution < 1.29 is 4.74 Å². The van der Waals surface area contributed by atoms with Gasteiger partial charge in [0.15, 0.2) is 5.13 Å². The Morgan fingerprint density at radius 2 is 2.33 bits per heavy atom. The molecule has 0 amide bonds. The van der Waals surface area contributed by atoms with Crippen LogP contribution in [0.4, 0.5) is 5.13 Å². The monoisotopic (exact) mass is 226 g/mol. The molecule has 0 aromatic carbocycles. The van der Waals surface area contributed by atoms with E-state index < -0.39 is 0 Å². The van der Waals surface area contributed by atoms with Gasteiger partial charge in [-0.25, -0.2) is 4.98 Å². The third kappa shape index (κ3) is 2.16. The molecule has 1 aliphatic carbocycles. The Morgan fingerprint density at radius 1 is 1.53 bits per heavy atom. The van der Waals surface area contributed by atoms with Crippen LogP contribution in [0.15, 0.2) is 0 Å². The number of nitrogens with zero attached hydrogens (tertiary/aromatic N) is 1. The third-order valence-electron chi connectivity index (χ3n) is 2.90. The molecule has 0 unspecified atom stereocenters. The number of aromatic nitrogens is 1. The Balaban J connectivity index is 2.05. The van der Waals surface area contributed by atoms with E-state index in [9.17, 15) is 0 Å². The average Bonchev–Trinajstić information content (AvgIpc) is 2.69. The largest absolute Gasteiger partial charge is 0.383 e. The lowest BCUT2D eigenvalue weighted by molar-refractivity contribution is 0.211. The fourth-order valence-electron chi connectivity index (χ4n) is 1.93. The number of fused-ring (bicyclic) bond motifs is 1. The Kier molecular flexibility index (Phi) is 2.98. The Morgan fingerprint density at radius 3 is 3.00 bits per heavy atom. The molecule has 0 fully saturated rings. The minimum atomic E-state index is 0.271. The smallest absolute Gasteiger partial charge is 0.183 e. The molecular formula is C11H18N2OS. The van der Waals surface area contributed by atoms with Gasteiger partial charge in [0.1, 0.15) is 0 Å². The van der Waals surface area contributed by atoms with Gasteiger partial charge in [-0.15, -0.1) is 11.3 Å². The van der Waals surface area contributed by atoms with Gasteiger partial charge in [0.2, 0.25) is 0 Å². The number of thiazole rings is 1. The molecule has 3 nitrogen and oxygen atoms in total. The molecule has 0 spiro atoms. The average molecular weight is 226 g/mol. The molecular weight excluding hydrogens is 208 g/mol. The van der Waals surface area contributed by atoms with Gasteiger partial charge in [-0.1, -0.05) is 13.8 Å². The summed E-state index contributed by atoms with van der Waals surface area (Å²) < 4.78 is 5.00. The number of hydrogen-bond acceptors (Lipinski definition) is 4. The van der Waals surface area contributed by atoms with Crippen LogP contribution in [0.1, 0.15) is 30.8 Å². The summed E-state index contributed by atoms with van der Waals surface area (Å²) in [6.45, 7) is 6.12. The normalized spacial score (nSPS) is 17.8. The lowest BCUT2D eigenvalue weighted by Crippen LogP contribution is -2.13. The second kappa shape index (κ2) is 4.10. The van der Waals surface area contributed by atoms with Crippen LogP contribution in [0.2, 0.25) is 0 Å². The molecule has 0 saturated carbocycles. The Bertz CT molecular complexity index is 346. The summed E-state index contributed by atoms with van der Waals surface area (Å²) in [7, 11) is 1.71. The van der Waals surface area contributed by atoms with E-state index in [4.69, 9.17) is 4.74 Å². The maximum Gasteiger partial charge on any atom is 0.183 e. The lowest BCUT2D eigenvalue weighted by atomic mass is 9.91. The first-order valence-electron chi connectivity index (χ1n) is 5.36. The highest BCUT2D eigenvalue weighted by Crippen LogP contribution is 2.41. The van der Waals surface area contributed by atoms with Gasteiger partial charge in [-0.3, -0.25) is 0 Å². The van der Waals surface area contributed by atoms with Gasteiger partial charge in [0.25, 0.3) is 0 Å². The van der Waals surface area contributed by atoms with Crippen molar-refractivity contribution in [3.63, 3.8) is 0 Å². The van der Waals surface area contributed by atoms with Gasteiger partial charge in [-0.2, -0.15) is 0 Å². The lowest BCUT2D eigenvalue weighted by Gasteiger charge is -2.15. The fourth-order valence-corrected chi connectivity index (χ4v) is 3.10. The molecule has 0 bridgehead atoms. The van der Waals surface area contributed by atoms with Crippen molar-refractivity contribution in [2.24, 2.45) is 0 Å². The second-order valence-electron chi connectivity index (χ2n) is 4.59. The van der Waals surface area contributed by atoms with Crippen LogP contribution in [0, 0.1) is 0 Å². The highest BCUT2D eigenvalue weighted by Gasteiger charge is 2.33.